The third-order valence-corrected chi connectivity index (χ3v) is 8.13. The van der Waals surface area contributed by atoms with Crippen LogP contribution in [0.5, 0.6) is 0 Å². The second-order valence-electron chi connectivity index (χ2n) is 10.4. The lowest BCUT2D eigenvalue weighted by Crippen LogP contribution is -2.51. The van der Waals surface area contributed by atoms with Gasteiger partial charge in [0.15, 0.2) is 11.3 Å². The summed E-state index contributed by atoms with van der Waals surface area (Å²) in [5.74, 6) is 5.44. The zero-order chi connectivity index (χ0) is 26.6. The second kappa shape index (κ2) is 8.79. The van der Waals surface area contributed by atoms with Crippen LogP contribution in [0.2, 0.25) is 0 Å². The Labute approximate surface area is 228 Å². The fourth-order valence-electron chi connectivity index (χ4n) is 5.74. The fourth-order valence-corrected chi connectivity index (χ4v) is 6.39. The highest BCUT2D eigenvalue weighted by Gasteiger charge is 2.53. The lowest BCUT2D eigenvalue weighted by Gasteiger charge is -2.48. The topological polar surface area (TPSA) is 114 Å². The molecular formula is C30H25N7OS. The minimum Gasteiger partial charge on any atom is -0.390 e. The predicted molar refractivity (Wildman–Crippen MR) is 153 cm³/mol. The van der Waals surface area contributed by atoms with Crippen LogP contribution in [0.3, 0.4) is 0 Å². The van der Waals surface area contributed by atoms with Crippen molar-refractivity contribution in [1.82, 2.24) is 19.6 Å². The summed E-state index contributed by atoms with van der Waals surface area (Å²) in [4.78, 5) is 9.87. The molecule has 8 nitrogen and oxygen atoms in total. The average Bonchev–Trinajstić information content (AvgIpc) is 3.62. The maximum atomic E-state index is 10.4. The maximum Gasteiger partial charge on any atom is 0.165 e. The molecule has 9 heteroatoms. The molecule has 4 aromatic heterocycles. The van der Waals surface area contributed by atoms with E-state index in [1.165, 1.54) is 0 Å². The summed E-state index contributed by atoms with van der Waals surface area (Å²) >= 11 is 1.64. The quantitative estimate of drug-likeness (QED) is 0.152. The summed E-state index contributed by atoms with van der Waals surface area (Å²) < 4.78 is 1.82. The van der Waals surface area contributed by atoms with Crippen LogP contribution in [0.15, 0.2) is 100 Å². The van der Waals surface area contributed by atoms with Gasteiger partial charge in [-0.25, -0.2) is 9.97 Å². The van der Waals surface area contributed by atoms with Crippen LogP contribution < -0.4 is 5.84 Å². The monoisotopic (exact) mass is 531 g/mol. The van der Waals surface area contributed by atoms with Crippen molar-refractivity contribution >= 4 is 28.0 Å². The number of benzene rings is 2. The number of pyridine rings is 1. The van der Waals surface area contributed by atoms with Crippen molar-refractivity contribution in [2.45, 2.75) is 30.9 Å². The first-order valence-corrected chi connectivity index (χ1v) is 13.6. The van der Waals surface area contributed by atoms with E-state index in [-0.39, 0.29) is 0 Å². The first-order chi connectivity index (χ1) is 18.9. The van der Waals surface area contributed by atoms with Crippen molar-refractivity contribution in [2.75, 3.05) is 0 Å². The molecule has 7 rings (SSSR count). The highest BCUT2D eigenvalue weighted by atomic mass is 32.1. The summed E-state index contributed by atoms with van der Waals surface area (Å²) in [6, 6.07) is 24.6. The second-order valence-corrected chi connectivity index (χ2v) is 11.2. The molecule has 2 aromatic carbocycles. The Bertz CT molecular complexity index is 1830. The third kappa shape index (κ3) is 3.98. The van der Waals surface area contributed by atoms with Crippen molar-refractivity contribution in [3.05, 3.63) is 95.3 Å². The first kappa shape index (κ1) is 23.6. The van der Waals surface area contributed by atoms with Crippen LogP contribution in [-0.4, -0.2) is 30.3 Å². The molecule has 1 fully saturated rings. The summed E-state index contributed by atoms with van der Waals surface area (Å²) in [7, 11) is 0. The average molecular weight is 532 g/mol. The van der Waals surface area contributed by atoms with Gasteiger partial charge in [0.25, 0.3) is 0 Å². The molecule has 0 atom stereocenters. The number of hydrogen-bond donors (Lipinski definition) is 2. The molecular weight excluding hydrogens is 506 g/mol. The number of hydrogen-bond acceptors (Lipinski definition) is 7. The molecule has 0 unspecified atom stereocenters. The van der Waals surface area contributed by atoms with Gasteiger partial charge in [-0.15, -0.1) is 0 Å². The van der Waals surface area contributed by atoms with Crippen molar-refractivity contribution in [2.24, 2.45) is 16.2 Å². The number of aromatic nitrogens is 4. The van der Waals surface area contributed by atoms with Crippen LogP contribution in [-0.2, 0) is 5.54 Å². The largest absolute Gasteiger partial charge is 0.390 e. The number of fused-ring (bicyclic) bond motifs is 3. The van der Waals surface area contributed by atoms with Crippen molar-refractivity contribution in [3.8, 4) is 33.6 Å². The van der Waals surface area contributed by atoms with Gasteiger partial charge < -0.3 is 10.9 Å². The van der Waals surface area contributed by atoms with Crippen LogP contribution >= 0.6 is 11.3 Å². The van der Waals surface area contributed by atoms with Gasteiger partial charge in [-0.05, 0) is 35.6 Å². The van der Waals surface area contributed by atoms with E-state index in [1.807, 2.05) is 59.4 Å². The Morgan fingerprint density at radius 1 is 0.974 bits per heavy atom. The molecule has 39 heavy (non-hydrogen) atoms. The van der Waals surface area contributed by atoms with Crippen molar-refractivity contribution in [3.63, 3.8) is 0 Å². The normalized spacial score (nSPS) is 21.1. The van der Waals surface area contributed by atoms with E-state index in [9.17, 15) is 5.11 Å². The zero-order valence-corrected chi connectivity index (χ0v) is 22.0. The highest BCUT2D eigenvalue weighted by Crippen LogP contribution is 2.51. The Morgan fingerprint density at radius 3 is 2.46 bits per heavy atom. The molecule has 4 heterocycles. The summed E-state index contributed by atoms with van der Waals surface area (Å²) in [5, 5.41) is 28.2. The summed E-state index contributed by atoms with van der Waals surface area (Å²) in [6.45, 7) is 1.81. The number of nitrogens with zero attached hydrogens (tertiary/aromatic N) is 6. The molecule has 0 aliphatic heterocycles. The minimum atomic E-state index is -0.779. The molecule has 0 radical (unpaired) electrons. The van der Waals surface area contributed by atoms with E-state index >= 15 is 0 Å². The van der Waals surface area contributed by atoms with Gasteiger partial charge in [0.05, 0.1) is 17.0 Å². The van der Waals surface area contributed by atoms with E-state index < -0.39 is 11.1 Å². The van der Waals surface area contributed by atoms with Crippen LogP contribution in [0.25, 0.3) is 50.3 Å². The van der Waals surface area contributed by atoms with E-state index in [4.69, 9.17) is 15.9 Å². The lowest BCUT2D eigenvalue weighted by molar-refractivity contribution is -0.0756. The Morgan fingerprint density at radius 2 is 1.77 bits per heavy atom. The maximum absolute atomic E-state index is 10.4. The molecule has 3 N–H and O–H groups in total. The standard InChI is InChI=1S/C30H25N7OS/c1-29(38)17-30(18-29,35-36-31)23-9-7-20(8-10-23)27-24(19-5-3-2-4-6-19)13-22-15-32-26-14-25(21-11-12-39-16-21)34-37(26)28(22)33-27/h2-16,38H,17-18H2,1H3,(H2,31,35)/t29-,30-. The van der Waals surface area contributed by atoms with Gasteiger partial charge in [-0.1, -0.05) is 59.8 Å². The molecule has 1 saturated carbocycles. The fraction of sp³-hybridized carbons (Fsp3) is 0.167. The Balaban J connectivity index is 1.40. The predicted octanol–water partition coefficient (Wildman–Crippen LogP) is 6.41. The number of aliphatic hydroxyl groups is 1. The molecule has 0 spiro atoms. The zero-order valence-electron chi connectivity index (χ0n) is 21.2. The molecule has 0 bridgehead atoms. The lowest BCUT2D eigenvalue weighted by atomic mass is 9.63. The first-order valence-electron chi connectivity index (χ1n) is 12.7. The van der Waals surface area contributed by atoms with Gasteiger partial charge in [0.1, 0.15) is 5.54 Å². The number of nitrogens with two attached hydrogens (primary N) is 1. The molecule has 1 aliphatic rings. The molecule has 192 valence electrons. The van der Waals surface area contributed by atoms with E-state index in [0.717, 1.165) is 55.9 Å². The Kier molecular flexibility index (Phi) is 5.33. The van der Waals surface area contributed by atoms with Gasteiger partial charge in [-0.2, -0.15) is 26.1 Å². The highest BCUT2D eigenvalue weighted by molar-refractivity contribution is 7.08. The van der Waals surface area contributed by atoms with Gasteiger partial charge in [0.2, 0.25) is 0 Å². The molecule has 6 aromatic rings. The van der Waals surface area contributed by atoms with E-state index in [0.29, 0.717) is 12.8 Å². The molecule has 0 amide bonds. The Hall–Kier alpha value is -4.47. The van der Waals surface area contributed by atoms with Crippen LogP contribution in [0.4, 0.5) is 0 Å². The number of rotatable bonds is 5. The molecule has 1 aliphatic carbocycles. The SMILES string of the molecule is C[C@]1(O)C[C@@](N=NN)(c2ccc(-c3nc4c(cnc5cc(-c6ccsc6)nn54)cc3-c3ccccc3)cc2)C1. The van der Waals surface area contributed by atoms with E-state index in [1.54, 1.807) is 11.3 Å². The van der Waals surface area contributed by atoms with Gasteiger partial charge in [0, 0.05) is 52.6 Å². The van der Waals surface area contributed by atoms with Crippen molar-refractivity contribution in [1.29, 1.82) is 0 Å². The number of thiophene rings is 1. The van der Waals surface area contributed by atoms with Gasteiger partial charge >= 0.3 is 0 Å². The smallest absolute Gasteiger partial charge is 0.165 e. The van der Waals surface area contributed by atoms with Crippen LogP contribution in [0.1, 0.15) is 25.3 Å². The van der Waals surface area contributed by atoms with Gasteiger partial charge in [-0.3, -0.25) is 0 Å². The third-order valence-electron chi connectivity index (χ3n) is 7.45. The van der Waals surface area contributed by atoms with Crippen molar-refractivity contribution < 1.29 is 5.11 Å². The minimum absolute atomic E-state index is 0.473. The van der Waals surface area contributed by atoms with Crippen LogP contribution in [0, 0.1) is 0 Å². The summed E-state index contributed by atoms with van der Waals surface area (Å²) in [6.07, 6.45) is 2.81. The molecule has 0 saturated heterocycles. The summed E-state index contributed by atoms with van der Waals surface area (Å²) in [5.41, 5.74) is 6.86. The van der Waals surface area contributed by atoms with E-state index in [2.05, 4.69) is 57.1 Å².